The molecule has 1 aliphatic rings. The number of amides is 1. The fraction of sp³-hybridized carbons (Fsp3) is 0.296. The molecule has 2 atom stereocenters. The second-order valence-electron chi connectivity index (χ2n) is 8.95. The number of nitrogens with zero attached hydrogens (tertiary/aromatic N) is 1. The molecule has 160 valence electrons. The smallest absolute Gasteiger partial charge is 0.233 e. The molecular weight excluding hydrogens is 402 g/mol. The van der Waals surface area contributed by atoms with E-state index >= 15 is 0 Å². The molecule has 0 aliphatic carbocycles. The number of thioether (sulfide) groups is 1. The summed E-state index contributed by atoms with van der Waals surface area (Å²) < 4.78 is 5.27. The molecule has 1 aliphatic heterocycles. The van der Waals surface area contributed by atoms with Crippen LogP contribution >= 0.6 is 11.8 Å². The Bertz CT molecular complexity index is 1020. The van der Waals surface area contributed by atoms with Crippen molar-refractivity contribution in [2.75, 3.05) is 17.8 Å². The Morgan fingerprint density at radius 2 is 1.55 bits per heavy atom. The van der Waals surface area contributed by atoms with Crippen LogP contribution in [0.15, 0.2) is 83.8 Å². The summed E-state index contributed by atoms with van der Waals surface area (Å²) in [6, 6.07) is 26.8. The summed E-state index contributed by atoms with van der Waals surface area (Å²) in [7, 11) is 1.65. The van der Waals surface area contributed by atoms with Crippen molar-refractivity contribution < 1.29 is 9.53 Å². The fourth-order valence-corrected chi connectivity index (χ4v) is 5.04. The van der Waals surface area contributed by atoms with Gasteiger partial charge in [-0.3, -0.25) is 4.79 Å². The largest absolute Gasteiger partial charge is 0.497 e. The van der Waals surface area contributed by atoms with Crippen LogP contribution in [0.25, 0.3) is 0 Å². The van der Waals surface area contributed by atoms with E-state index in [2.05, 4.69) is 57.2 Å². The average molecular weight is 432 g/mol. The average Bonchev–Trinajstić information content (AvgIpc) is 2.78. The van der Waals surface area contributed by atoms with Gasteiger partial charge in [0.05, 0.1) is 19.1 Å². The number of hydrogen-bond acceptors (Lipinski definition) is 3. The Labute approximate surface area is 189 Å². The molecule has 0 aromatic heterocycles. The molecule has 1 amide bonds. The first-order valence-corrected chi connectivity index (χ1v) is 11.6. The van der Waals surface area contributed by atoms with Crippen molar-refractivity contribution in [1.82, 2.24) is 0 Å². The molecule has 31 heavy (non-hydrogen) atoms. The Morgan fingerprint density at radius 1 is 0.903 bits per heavy atom. The summed E-state index contributed by atoms with van der Waals surface area (Å²) in [6.07, 6.45) is 0. The van der Waals surface area contributed by atoms with E-state index in [1.165, 1.54) is 16.0 Å². The molecule has 3 nitrogen and oxygen atoms in total. The van der Waals surface area contributed by atoms with E-state index < -0.39 is 0 Å². The summed E-state index contributed by atoms with van der Waals surface area (Å²) in [5, 5.41) is 0. The molecule has 0 radical (unpaired) electrons. The van der Waals surface area contributed by atoms with Crippen LogP contribution in [0.3, 0.4) is 0 Å². The summed E-state index contributed by atoms with van der Waals surface area (Å²) in [4.78, 5) is 16.3. The molecule has 3 aromatic carbocycles. The number of carbonyl (C=O) groups excluding carboxylic acids is 1. The van der Waals surface area contributed by atoms with Crippen molar-refractivity contribution >= 4 is 23.4 Å². The first kappa shape index (κ1) is 21.5. The molecule has 1 saturated heterocycles. The fourth-order valence-electron chi connectivity index (χ4n) is 4.01. The molecule has 0 saturated carbocycles. The van der Waals surface area contributed by atoms with Crippen LogP contribution in [-0.4, -0.2) is 18.8 Å². The van der Waals surface area contributed by atoms with Gasteiger partial charge in [-0.15, -0.1) is 11.8 Å². The minimum atomic E-state index is -0.0446. The number of benzene rings is 3. The highest BCUT2D eigenvalue weighted by molar-refractivity contribution is 7.99. The zero-order valence-corrected chi connectivity index (χ0v) is 19.4. The molecule has 1 heterocycles. The van der Waals surface area contributed by atoms with Gasteiger partial charge in [-0.2, -0.15) is 0 Å². The molecule has 0 bridgehead atoms. The third kappa shape index (κ3) is 4.49. The van der Waals surface area contributed by atoms with Crippen molar-refractivity contribution in [3.63, 3.8) is 0 Å². The molecule has 0 N–H and O–H groups in total. The molecule has 1 fully saturated rings. The molecule has 2 unspecified atom stereocenters. The lowest BCUT2D eigenvalue weighted by atomic mass is 9.83. The number of carbonyl (C=O) groups is 1. The summed E-state index contributed by atoms with van der Waals surface area (Å²) in [5.74, 6) is 1.69. The number of anilines is 1. The third-order valence-corrected chi connectivity index (χ3v) is 6.99. The van der Waals surface area contributed by atoms with Crippen molar-refractivity contribution in [3.8, 4) is 5.75 Å². The number of ether oxygens (including phenoxy) is 1. The van der Waals surface area contributed by atoms with Crippen LogP contribution in [0.4, 0.5) is 5.69 Å². The Hall–Kier alpha value is -2.72. The van der Waals surface area contributed by atoms with Crippen LogP contribution in [0.5, 0.6) is 5.75 Å². The maximum absolute atomic E-state index is 13.2. The van der Waals surface area contributed by atoms with Gasteiger partial charge in [0.15, 0.2) is 0 Å². The van der Waals surface area contributed by atoms with Gasteiger partial charge >= 0.3 is 0 Å². The zero-order valence-electron chi connectivity index (χ0n) is 18.5. The first-order chi connectivity index (χ1) is 14.9. The molecule has 4 heteroatoms. The van der Waals surface area contributed by atoms with Gasteiger partial charge in [0.25, 0.3) is 0 Å². The molecular formula is C27H29NO2S. The monoisotopic (exact) mass is 431 g/mol. The van der Waals surface area contributed by atoms with Crippen molar-refractivity contribution in [3.05, 3.63) is 90.0 Å². The number of hydrogen-bond donors (Lipinski definition) is 0. The summed E-state index contributed by atoms with van der Waals surface area (Å²) in [6.45, 7) is 6.67. The van der Waals surface area contributed by atoms with E-state index in [4.69, 9.17) is 4.74 Å². The molecule has 0 spiro atoms. The highest BCUT2D eigenvalue weighted by Crippen LogP contribution is 2.45. The Kier molecular flexibility index (Phi) is 6.10. The van der Waals surface area contributed by atoms with E-state index in [0.29, 0.717) is 0 Å². The SMILES string of the molecule is COc1ccc(N2C(=O)C(CSc3ccc(C(C)(C)C)cc3)C2c2ccccc2)cc1. The second kappa shape index (κ2) is 8.80. The second-order valence-corrected chi connectivity index (χ2v) is 10.0. The van der Waals surface area contributed by atoms with Gasteiger partial charge in [0, 0.05) is 16.3 Å². The van der Waals surface area contributed by atoms with Crippen molar-refractivity contribution in [1.29, 1.82) is 0 Å². The minimum Gasteiger partial charge on any atom is -0.497 e. The maximum atomic E-state index is 13.2. The quantitative estimate of drug-likeness (QED) is 0.330. The summed E-state index contributed by atoms with van der Waals surface area (Å²) >= 11 is 1.76. The number of rotatable bonds is 6. The standard InChI is InChI=1S/C27H29NO2S/c1-27(2,3)20-10-16-23(17-11-20)31-18-24-25(19-8-6-5-7-9-19)28(26(24)29)21-12-14-22(30-4)15-13-21/h5-17,24-25H,18H2,1-4H3. The van der Waals surface area contributed by atoms with E-state index in [0.717, 1.165) is 17.2 Å². The van der Waals surface area contributed by atoms with E-state index in [-0.39, 0.29) is 23.3 Å². The van der Waals surface area contributed by atoms with E-state index in [9.17, 15) is 4.79 Å². The van der Waals surface area contributed by atoms with Crippen LogP contribution in [0.2, 0.25) is 0 Å². The van der Waals surface area contributed by atoms with Crippen molar-refractivity contribution in [2.45, 2.75) is 37.1 Å². The predicted molar refractivity (Wildman–Crippen MR) is 129 cm³/mol. The Morgan fingerprint density at radius 3 is 2.13 bits per heavy atom. The van der Waals surface area contributed by atoms with Gasteiger partial charge in [-0.1, -0.05) is 63.2 Å². The van der Waals surface area contributed by atoms with Gasteiger partial charge in [-0.25, -0.2) is 0 Å². The number of β-lactam (4-membered cyclic amide) rings is 1. The first-order valence-electron chi connectivity index (χ1n) is 10.6. The van der Waals surface area contributed by atoms with E-state index in [1.807, 2.05) is 47.4 Å². The lowest BCUT2D eigenvalue weighted by molar-refractivity contribution is -0.129. The van der Waals surface area contributed by atoms with Crippen LogP contribution in [0, 0.1) is 5.92 Å². The van der Waals surface area contributed by atoms with Crippen LogP contribution in [-0.2, 0) is 10.2 Å². The van der Waals surface area contributed by atoms with Crippen LogP contribution in [0.1, 0.15) is 37.9 Å². The molecule has 4 rings (SSSR count). The van der Waals surface area contributed by atoms with Gasteiger partial charge in [0.2, 0.25) is 5.91 Å². The highest BCUT2D eigenvalue weighted by Gasteiger charge is 2.48. The molecule has 3 aromatic rings. The normalized spacial score (nSPS) is 18.6. The third-order valence-electron chi connectivity index (χ3n) is 5.86. The maximum Gasteiger partial charge on any atom is 0.233 e. The lowest BCUT2D eigenvalue weighted by Crippen LogP contribution is -2.56. The van der Waals surface area contributed by atoms with Crippen LogP contribution < -0.4 is 9.64 Å². The van der Waals surface area contributed by atoms with Gasteiger partial charge < -0.3 is 9.64 Å². The minimum absolute atomic E-state index is 0.0446. The predicted octanol–water partition coefficient (Wildman–Crippen LogP) is 6.49. The Balaban J connectivity index is 1.53. The van der Waals surface area contributed by atoms with Gasteiger partial charge in [0.1, 0.15) is 5.75 Å². The number of methoxy groups -OCH3 is 1. The van der Waals surface area contributed by atoms with Crippen molar-refractivity contribution in [2.24, 2.45) is 5.92 Å². The van der Waals surface area contributed by atoms with E-state index in [1.54, 1.807) is 18.9 Å². The zero-order chi connectivity index (χ0) is 22.0. The highest BCUT2D eigenvalue weighted by atomic mass is 32.2. The lowest BCUT2D eigenvalue weighted by Gasteiger charge is -2.47. The summed E-state index contributed by atoms with van der Waals surface area (Å²) in [5.41, 5.74) is 3.55. The topological polar surface area (TPSA) is 29.5 Å². The van der Waals surface area contributed by atoms with Gasteiger partial charge in [-0.05, 0) is 52.9 Å².